The number of benzene rings is 1. The fourth-order valence-electron chi connectivity index (χ4n) is 1.89. The molecule has 7 heteroatoms. The highest BCUT2D eigenvalue weighted by Gasteiger charge is 2.27. The highest BCUT2D eigenvalue weighted by molar-refractivity contribution is 7.89. The highest BCUT2D eigenvalue weighted by atomic mass is 32.2. The molecule has 1 aromatic carbocycles. The van der Waals surface area contributed by atoms with E-state index in [9.17, 15) is 8.42 Å². The van der Waals surface area contributed by atoms with Crippen LogP contribution in [-0.4, -0.2) is 24.8 Å². The Labute approximate surface area is 134 Å². The van der Waals surface area contributed by atoms with Crippen LogP contribution >= 0.6 is 23.6 Å². The van der Waals surface area contributed by atoms with Gasteiger partial charge in [-0.3, -0.25) is 0 Å². The maximum atomic E-state index is 12.7. The van der Waals surface area contributed by atoms with E-state index >= 15 is 0 Å². The number of hydrogen-bond acceptors (Lipinski definition) is 4. The molecule has 0 aliphatic heterocycles. The van der Waals surface area contributed by atoms with Crippen molar-refractivity contribution in [2.24, 2.45) is 5.73 Å². The smallest absolute Gasteiger partial charge is 0.243 e. The Morgan fingerprint density at radius 1 is 1.33 bits per heavy atom. The first-order valence-corrected chi connectivity index (χ1v) is 8.98. The van der Waals surface area contributed by atoms with Gasteiger partial charge in [0.2, 0.25) is 10.0 Å². The molecule has 0 aliphatic carbocycles. The van der Waals surface area contributed by atoms with Gasteiger partial charge < -0.3 is 5.73 Å². The predicted molar refractivity (Wildman–Crippen MR) is 90.0 cm³/mol. The molecule has 21 heavy (non-hydrogen) atoms. The van der Waals surface area contributed by atoms with E-state index in [4.69, 9.17) is 18.0 Å². The molecule has 2 N–H and O–H groups in total. The number of thiocarbonyl (C=S) groups is 1. The molecule has 0 bridgehead atoms. The van der Waals surface area contributed by atoms with Crippen LogP contribution in [0, 0.1) is 0 Å². The number of nitrogens with two attached hydrogens (primary N) is 1. The van der Waals surface area contributed by atoms with Crippen molar-refractivity contribution >= 4 is 38.6 Å². The van der Waals surface area contributed by atoms with Gasteiger partial charge in [0.1, 0.15) is 4.99 Å². The zero-order valence-corrected chi connectivity index (χ0v) is 14.1. The van der Waals surface area contributed by atoms with Crippen molar-refractivity contribution in [3.8, 4) is 0 Å². The van der Waals surface area contributed by atoms with Gasteiger partial charge in [-0.1, -0.05) is 30.4 Å². The molecule has 0 aliphatic rings. The van der Waals surface area contributed by atoms with Crippen LogP contribution in [0.1, 0.15) is 23.4 Å². The summed E-state index contributed by atoms with van der Waals surface area (Å²) in [7, 11) is -2.02. The normalized spacial score (nSPS) is 13.3. The summed E-state index contributed by atoms with van der Waals surface area (Å²) in [5, 5.41) is 1.93. The number of sulfonamides is 1. The van der Waals surface area contributed by atoms with Crippen molar-refractivity contribution in [3.05, 3.63) is 52.2 Å². The van der Waals surface area contributed by atoms with Gasteiger partial charge in [-0.25, -0.2) is 8.42 Å². The Morgan fingerprint density at radius 2 is 2.05 bits per heavy atom. The van der Waals surface area contributed by atoms with Crippen LogP contribution in [0.3, 0.4) is 0 Å². The number of nitrogens with zero attached hydrogens (tertiary/aromatic N) is 1. The molecule has 0 amide bonds. The molecule has 0 spiro atoms. The lowest BCUT2D eigenvalue weighted by molar-refractivity contribution is 0.403. The standard InChI is InChI=1S/C14H16N2O2S3/c1-10(13-7-4-8-20-13)16(2)21(17,18)12-6-3-5-11(9-12)14(15)19/h3-10H,1-2H3,(H2,15,19). The molecule has 4 nitrogen and oxygen atoms in total. The minimum absolute atomic E-state index is 0.181. The second-order valence-corrected chi connectivity index (χ2v) is 8.02. The maximum Gasteiger partial charge on any atom is 0.243 e. The van der Waals surface area contributed by atoms with E-state index in [1.54, 1.807) is 25.2 Å². The highest BCUT2D eigenvalue weighted by Crippen LogP contribution is 2.28. The Hall–Kier alpha value is -1.28. The van der Waals surface area contributed by atoms with E-state index in [0.717, 1.165) is 4.88 Å². The number of rotatable bonds is 5. The van der Waals surface area contributed by atoms with Crippen LogP contribution in [0.25, 0.3) is 0 Å². The van der Waals surface area contributed by atoms with E-state index in [-0.39, 0.29) is 15.9 Å². The van der Waals surface area contributed by atoms with Crippen molar-refractivity contribution in [3.63, 3.8) is 0 Å². The molecule has 0 saturated carbocycles. The molecule has 0 saturated heterocycles. The summed E-state index contributed by atoms with van der Waals surface area (Å²) >= 11 is 6.43. The molecule has 2 rings (SSSR count). The van der Waals surface area contributed by atoms with E-state index < -0.39 is 10.0 Å². The van der Waals surface area contributed by atoms with E-state index in [1.807, 2.05) is 24.4 Å². The van der Waals surface area contributed by atoms with Gasteiger partial charge in [0.25, 0.3) is 0 Å². The van der Waals surface area contributed by atoms with Crippen LogP contribution in [0.2, 0.25) is 0 Å². The average Bonchev–Trinajstić information content (AvgIpc) is 3.00. The molecule has 0 fully saturated rings. The fourth-order valence-corrected chi connectivity index (χ4v) is 4.30. The summed E-state index contributed by atoms with van der Waals surface area (Å²) in [5.74, 6) is 0. The third-order valence-electron chi connectivity index (χ3n) is 3.30. The SMILES string of the molecule is CC(c1cccs1)N(C)S(=O)(=O)c1cccc(C(N)=S)c1. The predicted octanol–water partition coefficient (Wildman–Crippen LogP) is 2.76. The zero-order chi connectivity index (χ0) is 15.6. The Morgan fingerprint density at radius 3 is 2.62 bits per heavy atom. The molecule has 2 aromatic rings. The monoisotopic (exact) mass is 340 g/mol. The lowest BCUT2D eigenvalue weighted by Crippen LogP contribution is -2.29. The largest absolute Gasteiger partial charge is 0.389 e. The lowest BCUT2D eigenvalue weighted by atomic mass is 10.2. The first kappa shape index (κ1) is 16.1. The Bertz CT molecular complexity index is 739. The first-order chi connectivity index (χ1) is 9.84. The van der Waals surface area contributed by atoms with Crippen molar-refractivity contribution in [2.75, 3.05) is 7.05 Å². The van der Waals surface area contributed by atoms with E-state index in [1.165, 1.54) is 21.7 Å². The second kappa shape index (κ2) is 6.23. The third-order valence-corrected chi connectivity index (χ3v) is 6.50. The summed E-state index contributed by atoms with van der Waals surface area (Å²) in [6, 6.07) is 10.00. The van der Waals surface area contributed by atoms with Crippen molar-refractivity contribution in [1.29, 1.82) is 0 Å². The fraction of sp³-hybridized carbons (Fsp3) is 0.214. The van der Waals surface area contributed by atoms with Crippen LogP contribution in [0.15, 0.2) is 46.7 Å². The van der Waals surface area contributed by atoms with Crippen molar-refractivity contribution in [2.45, 2.75) is 17.9 Å². The molecular formula is C14H16N2O2S3. The zero-order valence-electron chi connectivity index (χ0n) is 11.7. The summed E-state index contributed by atoms with van der Waals surface area (Å²) in [5.41, 5.74) is 6.11. The summed E-state index contributed by atoms with van der Waals surface area (Å²) < 4.78 is 26.7. The number of hydrogen-bond donors (Lipinski definition) is 1. The molecule has 0 radical (unpaired) electrons. The van der Waals surface area contributed by atoms with Gasteiger partial charge in [0.05, 0.1) is 10.9 Å². The van der Waals surface area contributed by atoms with Gasteiger partial charge >= 0.3 is 0 Å². The van der Waals surface area contributed by atoms with E-state index in [2.05, 4.69) is 0 Å². The minimum Gasteiger partial charge on any atom is -0.389 e. The molecule has 1 unspecified atom stereocenters. The van der Waals surface area contributed by atoms with Crippen LogP contribution in [0.4, 0.5) is 0 Å². The molecule has 1 atom stereocenters. The molecular weight excluding hydrogens is 324 g/mol. The van der Waals surface area contributed by atoms with Crippen LogP contribution in [0.5, 0.6) is 0 Å². The Balaban J connectivity index is 2.37. The average molecular weight is 340 g/mol. The number of thiophene rings is 1. The van der Waals surface area contributed by atoms with Crippen molar-refractivity contribution < 1.29 is 8.42 Å². The molecule has 112 valence electrons. The topological polar surface area (TPSA) is 63.4 Å². The quantitative estimate of drug-likeness (QED) is 0.850. The molecule has 1 heterocycles. The van der Waals surface area contributed by atoms with Gasteiger partial charge in [-0.2, -0.15) is 4.31 Å². The van der Waals surface area contributed by atoms with E-state index in [0.29, 0.717) is 5.56 Å². The van der Waals surface area contributed by atoms with Gasteiger partial charge in [0.15, 0.2) is 0 Å². The minimum atomic E-state index is -3.60. The van der Waals surface area contributed by atoms with Gasteiger partial charge in [-0.15, -0.1) is 11.3 Å². The van der Waals surface area contributed by atoms with Crippen LogP contribution < -0.4 is 5.73 Å². The van der Waals surface area contributed by atoms with Gasteiger partial charge in [-0.05, 0) is 30.5 Å². The summed E-state index contributed by atoms with van der Waals surface area (Å²) in [6.07, 6.45) is 0. The summed E-state index contributed by atoms with van der Waals surface area (Å²) in [4.78, 5) is 1.37. The first-order valence-electron chi connectivity index (χ1n) is 6.25. The second-order valence-electron chi connectivity index (χ2n) is 4.60. The lowest BCUT2D eigenvalue weighted by Gasteiger charge is -2.23. The molecule has 1 aromatic heterocycles. The summed E-state index contributed by atoms with van der Waals surface area (Å²) in [6.45, 7) is 1.86. The van der Waals surface area contributed by atoms with Crippen LogP contribution in [-0.2, 0) is 10.0 Å². The van der Waals surface area contributed by atoms with Crippen molar-refractivity contribution in [1.82, 2.24) is 4.31 Å². The third kappa shape index (κ3) is 3.32. The Kier molecular flexibility index (Phi) is 4.77. The maximum absolute atomic E-state index is 12.7. The van der Waals surface area contributed by atoms with Gasteiger partial charge in [0, 0.05) is 17.5 Å².